The largest absolute Gasteiger partial charge is 0.333 e. The van der Waals surface area contributed by atoms with Crippen LogP contribution in [0.1, 0.15) is 11.3 Å². The zero-order chi connectivity index (χ0) is 17.6. The Morgan fingerprint density at radius 3 is 2.76 bits per heavy atom. The van der Waals surface area contributed by atoms with Gasteiger partial charge in [0.2, 0.25) is 0 Å². The second kappa shape index (κ2) is 5.84. The quantitative estimate of drug-likeness (QED) is 0.503. The van der Waals surface area contributed by atoms with Crippen molar-refractivity contribution in [2.24, 2.45) is 0 Å². The molecule has 3 aromatic heterocycles. The van der Waals surface area contributed by atoms with Gasteiger partial charge in [0, 0.05) is 22.8 Å². The van der Waals surface area contributed by atoms with E-state index in [1.807, 2.05) is 60.0 Å². The molecule has 0 saturated carbocycles. The summed E-state index contributed by atoms with van der Waals surface area (Å²) < 4.78 is 30.0. The van der Waals surface area contributed by atoms with Crippen molar-refractivity contribution in [1.82, 2.24) is 14.0 Å². The number of hydrogen-bond donors (Lipinski definition) is 0. The lowest BCUT2D eigenvalue weighted by Gasteiger charge is -2.09. The second-order valence-electron chi connectivity index (χ2n) is 6.03. The first-order valence-corrected chi connectivity index (χ1v) is 8.06. The Balaban J connectivity index is 1.99. The van der Waals surface area contributed by atoms with Gasteiger partial charge in [-0.05, 0) is 36.8 Å². The topological polar surface area (TPSA) is 22.2 Å². The Hall–Kier alpha value is -2.95. The predicted molar refractivity (Wildman–Crippen MR) is 97.0 cm³/mol. The third-order valence-corrected chi connectivity index (χ3v) is 4.50. The maximum atomic E-state index is 13.2. The molecule has 126 valence electrons. The molecule has 0 spiro atoms. The van der Waals surface area contributed by atoms with Gasteiger partial charge in [-0.1, -0.05) is 30.9 Å². The molecule has 0 bridgehead atoms. The second-order valence-corrected chi connectivity index (χ2v) is 6.03. The molecule has 3 nitrogen and oxygen atoms in total. The van der Waals surface area contributed by atoms with E-state index >= 15 is 0 Å². The monoisotopic (exact) mass is 337 g/mol. The molecule has 0 aliphatic rings. The van der Waals surface area contributed by atoms with Crippen LogP contribution in [0.15, 0.2) is 55.2 Å². The Kier molecular flexibility index (Phi) is 3.64. The van der Waals surface area contributed by atoms with Crippen molar-refractivity contribution in [2.75, 3.05) is 0 Å². The maximum Gasteiger partial charge on any atom is 0.256 e. The number of imidazole rings is 1. The molecule has 0 atom stereocenters. The number of fused-ring (bicyclic) bond motifs is 2. The highest BCUT2D eigenvalue weighted by Crippen LogP contribution is 2.31. The lowest BCUT2D eigenvalue weighted by molar-refractivity contribution is 0.128. The van der Waals surface area contributed by atoms with Gasteiger partial charge in [0.05, 0.1) is 12.2 Å². The van der Waals surface area contributed by atoms with E-state index in [-0.39, 0.29) is 6.54 Å². The number of rotatable bonds is 4. The standard InChI is InChI=1S/C20H17F2N3/c1-3-14-8-9-24-13(2)20(23-19(24)10-14)17-11-15-6-4-5-7-16(15)25(17)12-18(21)22/h3-11,18H,1,12H2,2H3. The number of nitrogens with zero attached hydrogens (tertiary/aromatic N) is 3. The van der Waals surface area contributed by atoms with E-state index in [2.05, 4.69) is 6.58 Å². The fourth-order valence-electron chi connectivity index (χ4n) is 3.29. The molecule has 5 heteroatoms. The predicted octanol–water partition coefficient (Wildman–Crippen LogP) is 5.17. The number of para-hydroxylation sites is 1. The van der Waals surface area contributed by atoms with Gasteiger partial charge in [-0.15, -0.1) is 0 Å². The van der Waals surface area contributed by atoms with Gasteiger partial charge in [0.1, 0.15) is 11.3 Å². The first-order chi connectivity index (χ1) is 12.1. The van der Waals surface area contributed by atoms with E-state index in [9.17, 15) is 8.78 Å². The molecular weight excluding hydrogens is 320 g/mol. The summed E-state index contributed by atoms with van der Waals surface area (Å²) in [6, 6.07) is 13.4. The van der Waals surface area contributed by atoms with E-state index in [0.29, 0.717) is 5.69 Å². The molecule has 0 saturated heterocycles. The van der Waals surface area contributed by atoms with Gasteiger partial charge in [-0.2, -0.15) is 0 Å². The van der Waals surface area contributed by atoms with Crippen molar-refractivity contribution in [3.8, 4) is 11.4 Å². The van der Waals surface area contributed by atoms with Crippen LogP contribution in [-0.2, 0) is 6.54 Å². The fraction of sp³-hybridized carbons (Fsp3) is 0.150. The van der Waals surface area contributed by atoms with Crippen LogP contribution in [0.25, 0.3) is 34.0 Å². The van der Waals surface area contributed by atoms with Crippen LogP contribution in [0.2, 0.25) is 0 Å². The summed E-state index contributed by atoms with van der Waals surface area (Å²) in [4.78, 5) is 4.70. The number of pyridine rings is 1. The van der Waals surface area contributed by atoms with Gasteiger partial charge >= 0.3 is 0 Å². The van der Waals surface area contributed by atoms with Crippen LogP contribution in [0.5, 0.6) is 0 Å². The summed E-state index contributed by atoms with van der Waals surface area (Å²) in [5, 5.41) is 0.932. The number of benzene rings is 1. The molecule has 0 unspecified atom stereocenters. The van der Waals surface area contributed by atoms with Gasteiger partial charge in [-0.3, -0.25) is 0 Å². The minimum Gasteiger partial charge on any atom is -0.333 e. The molecule has 0 fully saturated rings. The van der Waals surface area contributed by atoms with E-state index < -0.39 is 6.43 Å². The molecule has 0 aliphatic carbocycles. The Bertz CT molecular complexity index is 1090. The molecule has 0 amide bonds. The molecule has 4 aromatic rings. The average Bonchev–Trinajstić information content (AvgIpc) is 3.12. The lowest BCUT2D eigenvalue weighted by atomic mass is 10.2. The third-order valence-electron chi connectivity index (χ3n) is 4.50. The van der Waals surface area contributed by atoms with E-state index in [1.165, 1.54) is 0 Å². The molecule has 0 radical (unpaired) electrons. The highest BCUT2D eigenvalue weighted by atomic mass is 19.3. The molecule has 0 N–H and O–H groups in total. The van der Waals surface area contributed by atoms with E-state index in [1.54, 1.807) is 10.6 Å². The van der Waals surface area contributed by atoms with Crippen LogP contribution in [0, 0.1) is 6.92 Å². The van der Waals surface area contributed by atoms with Crippen molar-refractivity contribution in [3.05, 3.63) is 66.5 Å². The Morgan fingerprint density at radius 2 is 2.00 bits per heavy atom. The number of halogens is 2. The van der Waals surface area contributed by atoms with Crippen molar-refractivity contribution < 1.29 is 8.78 Å². The molecular formula is C20H17F2N3. The first kappa shape index (κ1) is 15.6. The highest BCUT2D eigenvalue weighted by molar-refractivity contribution is 5.87. The first-order valence-electron chi connectivity index (χ1n) is 8.06. The summed E-state index contributed by atoms with van der Waals surface area (Å²) in [5.74, 6) is 0. The van der Waals surface area contributed by atoms with Crippen molar-refractivity contribution in [2.45, 2.75) is 19.9 Å². The summed E-state index contributed by atoms with van der Waals surface area (Å²) in [6.07, 6.45) is 1.26. The summed E-state index contributed by atoms with van der Waals surface area (Å²) in [5.41, 5.74) is 4.89. The van der Waals surface area contributed by atoms with E-state index in [4.69, 9.17) is 4.98 Å². The fourth-order valence-corrected chi connectivity index (χ4v) is 3.29. The number of aryl methyl sites for hydroxylation is 1. The molecule has 0 aliphatic heterocycles. The minimum absolute atomic E-state index is 0.353. The minimum atomic E-state index is -2.43. The number of alkyl halides is 2. The van der Waals surface area contributed by atoms with Crippen LogP contribution in [-0.4, -0.2) is 20.4 Å². The van der Waals surface area contributed by atoms with Crippen LogP contribution >= 0.6 is 0 Å². The van der Waals surface area contributed by atoms with Gasteiger partial charge in [0.15, 0.2) is 0 Å². The van der Waals surface area contributed by atoms with Crippen LogP contribution in [0.4, 0.5) is 8.78 Å². The smallest absolute Gasteiger partial charge is 0.256 e. The maximum absolute atomic E-state index is 13.2. The molecule has 3 heterocycles. The van der Waals surface area contributed by atoms with Crippen molar-refractivity contribution >= 4 is 22.6 Å². The van der Waals surface area contributed by atoms with Gasteiger partial charge in [-0.25, -0.2) is 13.8 Å². The number of hydrogen-bond acceptors (Lipinski definition) is 1. The Labute approximate surface area is 143 Å². The van der Waals surface area contributed by atoms with Crippen LogP contribution < -0.4 is 0 Å². The van der Waals surface area contributed by atoms with Crippen molar-refractivity contribution in [1.29, 1.82) is 0 Å². The number of aromatic nitrogens is 3. The molecule has 25 heavy (non-hydrogen) atoms. The summed E-state index contributed by atoms with van der Waals surface area (Å²) in [6.45, 7) is 5.37. The Morgan fingerprint density at radius 1 is 1.20 bits per heavy atom. The molecule has 1 aromatic carbocycles. The highest BCUT2D eigenvalue weighted by Gasteiger charge is 2.19. The normalized spacial score (nSPS) is 11.7. The summed E-state index contributed by atoms with van der Waals surface area (Å²) in [7, 11) is 0. The van der Waals surface area contributed by atoms with Crippen molar-refractivity contribution in [3.63, 3.8) is 0 Å². The SMILES string of the molecule is C=Cc1ccn2c(C)c(-c3cc4ccccc4n3CC(F)F)nc2c1. The van der Waals surface area contributed by atoms with Gasteiger partial charge < -0.3 is 8.97 Å². The third kappa shape index (κ3) is 2.52. The van der Waals surface area contributed by atoms with Gasteiger partial charge in [0.25, 0.3) is 6.43 Å². The lowest BCUT2D eigenvalue weighted by Crippen LogP contribution is -2.08. The van der Waals surface area contributed by atoms with Crippen LogP contribution in [0.3, 0.4) is 0 Å². The average molecular weight is 337 g/mol. The van der Waals surface area contributed by atoms with E-state index in [0.717, 1.165) is 33.5 Å². The zero-order valence-corrected chi connectivity index (χ0v) is 13.8. The zero-order valence-electron chi connectivity index (χ0n) is 13.8. The summed E-state index contributed by atoms with van der Waals surface area (Å²) >= 11 is 0. The molecule has 4 rings (SSSR count).